The maximum atomic E-state index is 12.9. The molecule has 5 aromatic carbocycles. The molecule has 11 heteroatoms. The Bertz CT molecular complexity index is 2570. The molecule has 0 spiro atoms. The standard InChI is InChI=1S/C59H64O11/c1-9-45-38-49(48-21-26-50(27-22-48)64-35-12-10-11-13-36-65-52-28-30-53(31-29-52)69-58(63)43(6)7)23-32-54(45)70-55(60)33-16-44-14-17-46(18-15-44)47-19-24-51(25-20-47)66-37-34-59(8,39-67-56(61)41(2)3)40-68-57(62)42(4)5/h14-33,38H,2,4,6,9-13,34-37,39-40H2,1,3,5,7-8H3/b33-16+. The highest BCUT2D eigenvalue weighted by Gasteiger charge is 2.29. The van der Waals surface area contributed by atoms with Crippen LogP contribution in [0.5, 0.6) is 28.7 Å². The van der Waals surface area contributed by atoms with Gasteiger partial charge < -0.3 is 33.2 Å². The third kappa shape index (κ3) is 17.5. The average Bonchev–Trinajstić information content (AvgIpc) is 3.36. The Kier molecular flexibility index (Phi) is 20.4. The van der Waals surface area contributed by atoms with Crippen LogP contribution in [0, 0.1) is 5.41 Å². The van der Waals surface area contributed by atoms with E-state index in [-0.39, 0.29) is 24.4 Å². The first kappa shape index (κ1) is 53.3. The highest BCUT2D eigenvalue weighted by Crippen LogP contribution is 2.30. The lowest BCUT2D eigenvalue weighted by Gasteiger charge is -2.28. The van der Waals surface area contributed by atoms with Crippen LogP contribution >= 0.6 is 0 Å². The van der Waals surface area contributed by atoms with Crippen LogP contribution in [0.4, 0.5) is 0 Å². The molecule has 0 amide bonds. The number of unbranched alkanes of at least 4 members (excludes halogenated alkanes) is 3. The van der Waals surface area contributed by atoms with Crippen LogP contribution in [-0.2, 0) is 35.1 Å². The van der Waals surface area contributed by atoms with Crippen LogP contribution in [-0.4, -0.2) is 56.9 Å². The molecule has 0 heterocycles. The Morgan fingerprint density at radius 2 is 0.943 bits per heavy atom. The van der Waals surface area contributed by atoms with Crippen LogP contribution in [0.3, 0.4) is 0 Å². The Morgan fingerprint density at radius 3 is 1.43 bits per heavy atom. The molecular formula is C59H64O11. The van der Waals surface area contributed by atoms with Gasteiger partial charge in [-0.05, 0) is 159 Å². The summed E-state index contributed by atoms with van der Waals surface area (Å²) in [6, 6.07) is 36.4. The van der Waals surface area contributed by atoms with Crippen molar-refractivity contribution in [3.05, 3.63) is 169 Å². The Labute approximate surface area is 412 Å². The van der Waals surface area contributed by atoms with Gasteiger partial charge in [-0.25, -0.2) is 19.2 Å². The summed E-state index contributed by atoms with van der Waals surface area (Å²) < 4.78 is 39.6. The topological polar surface area (TPSA) is 133 Å². The lowest BCUT2D eigenvalue weighted by molar-refractivity contribution is -0.149. The molecule has 0 fully saturated rings. The van der Waals surface area contributed by atoms with E-state index >= 15 is 0 Å². The van der Waals surface area contributed by atoms with E-state index in [1.54, 1.807) is 51.1 Å². The summed E-state index contributed by atoms with van der Waals surface area (Å²) in [5.41, 5.74) is 6.03. The number of hydrogen-bond acceptors (Lipinski definition) is 11. The van der Waals surface area contributed by atoms with E-state index in [0.29, 0.717) is 55.5 Å². The van der Waals surface area contributed by atoms with Crippen molar-refractivity contribution < 1.29 is 52.3 Å². The number of hydrogen-bond donors (Lipinski definition) is 0. The number of carbonyl (C=O) groups excluding carboxylic acids is 4. The van der Waals surface area contributed by atoms with Gasteiger partial charge in [0, 0.05) is 28.2 Å². The van der Waals surface area contributed by atoms with Crippen LogP contribution < -0.4 is 23.7 Å². The lowest BCUT2D eigenvalue weighted by atomic mass is 9.89. The van der Waals surface area contributed by atoms with Gasteiger partial charge in [-0.2, -0.15) is 0 Å². The second-order valence-corrected chi connectivity index (χ2v) is 17.5. The number of rotatable bonds is 27. The van der Waals surface area contributed by atoms with Crippen LogP contribution in [0.15, 0.2) is 158 Å². The average molecular weight is 949 g/mol. The molecule has 0 aromatic heterocycles. The maximum Gasteiger partial charge on any atom is 0.338 e. The van der Waals surface area contributed by atoms with Gasteiger partial charge in [-0.1, -0.05) is 88.2 Å². The molecule has 0 saturated carbocycles. The summed E-state index contributed by atoms with van der Waals surface area (Å²) in [6.07, 6.45) is 8.20. The van der Waals surface area contributed by atoms with E-state index < -0.39 is 29.3 Å². The molecule has 0 N–H and O–H groups in total. The second kappa shape index (κ2) is 26.8. The zero-order chi connectivity index (χ0) is 50.5. The molecule has 0 atom stereocenters. The summed E-state index contributed by atoms with van der Waals surface area (Å²) in [5, 5.41) is 0. The van der Waals surface area contributed by atoms with Crippen molar-refractivity contribution in [1.82, 2.24) is 0 Å². The summed E-state index contributed by atoms with van der Waals surface area (Å²) in [5.74, 6) is 1.24. The first-order valence-electron chi connectivity index (χ1n) is 23.5. The van der Waals surface area contributed by atoms with E-state index in [9.17, 15) is 19.2 Å². The smallest absolute Gasteiger partial charge is 0.338 e. The van der Waals surface area contributed by atoms with Crippen molar-refractivity contribution in [3.8, 4) is 51.0 Å². The minimum absolute atomic E-state index is 0.0289. The van der Waals surface area contributed by atoms with E-state index in [1.165, 1.54) is 6.08 Å². The van der Waals surface area contributed by atoms with Crippen molar-refractivity contribution in [2.24, 2.45) is 5.41 Å². The van der Waals surface area contributed by atoms with Gasteiger partial charge in [0.15, 0.2) is 0 Å². The van der Waals surface area contributed by atoms with Crippen LogP contribution in [0.2, 0.25) is 0 Å². The normalized spacial score (nSPS) is 11.0. The van der Waals surface area contributed by atoms with E-state index in [2.05, 4.69) is 25.8 Å². The largest absolute Gasteiger partial charge is 0.494 e. The van der Waals surface area contributed by atoms with Gasteiger partial charge in [-0.3, -0.25) is 0 Å². The Morgan fingerprint density at radius 1 is 0.514 bits per heavy atom. The number of aryl methyl sites for hydroxylation is 1. The van der Waals surface area contributed by atoms with Gasteiger partial charge in [0.1, 0.15) is 42.0 Å². The Balaban J connectivity index is 1.02. The first-order valence-corrected chi connectivity index (χ1v) is 23.5. The molecule has 0 bridgehead atoms. The minimum atomic E-state index is -0.689. The SMILES string of the molecule is C=C(C)C(=O)OCC(C)(CCOc1ccc(-c2ccc(/C=C/C(=O)Oc3ccc(-c4ccc(OCCCCCCOc5ccc(OC(=O)C(=C)C)cc5)cc4)cc3CC)cc2)cc1)COC(=O)C(=C)C. The quantitative estimate of drug-likeness (QED) is 0.0216. The molecule has 70 heavy (non-hydrogen) atoms. The first-order chi connectivity index (χ1) is 33.6. The van der Waals surface area contributed by atoms with E-state index in [1.807, 2.05) is 98.8 Å². The molecule has 0 aliphatic carbocycles. The Hall–Kier alpha value is -7.66. The molecule has 0 aliphatic heterocycles. The maximum absolute atomic E-state index is 12.9. The zero-order valence-corrected chi connectivity index (χ0v) is 41.0. The number of esters is 4. The predicted molar refractivity (Wildman–Crippen MR) is 274 cm³/mol. The van der Waals surface area contributed by atoms with Crippen molar-refractivity contribution in [2.75, 3.05) is 33.0 Å². The third-order valence-electron chi connectivity index (χ3n) is 11.1. The molecule has 0 saturated heterocycles. The minimum Gasteiger partial charge on any atom is -0.494 e. The van der Waals surface area contributed by atoms with Crippen molar-refractivity contribution in [1.29, 1.82) is 0 Å². The lowest BCUT2D eigenvalue weighted by Crippen LogP contribution is -2.33. The molecular weight excluding hydrogens is 885 g/mol. The number of ether oxygens (including phenoxy) is 7. The van der Waals surface area contributed by atoms with Crippen LogP contribution in [0.1, 0.15) is 77.8 Å². The van der Waals surface area contributed by atoms with Crippen LogP contribution in [0.25, 0.3) is 28.3 Å². The fraction of sp³-hybridized carbons (Fsp3) is 0.288. The summed E-state index contributed by atoms with van der Waals surface area (Å²) >= 11 is 0. The van der Waals surface area contributed by atoms with Gasteiger partial charge in [0.2, 0.25) is 0 Å². The van der Waals surface area contributed by atoms with Crippen molar-refractivity contribution in [2.45, 2.75) is 73.1 Å². The predicted octanol–water partition coefficient (Wildman–Crippen LogP) is 12.7. The highest BCUT2D eigenvalue weighted by molar-refractivity contribution is 5.90. The molecule has 0 radical (unpaired) electrons. The van der Waals surface area contributed by atoms with Gasteiger partial charge in [-0.15, -0.1) is 0 Å². The molecule has 5 rings (SSSR count). The summed E-state index contributed by atoms with van der Waals surface area (Å²) in [4.78, 5) is 48.7. The second-order valence-electron chi connectivity index (χ2n) is 17.5. The van der Waals surface area contributed by atoms with Gasteiger partial charge in [0.05, 0.1) is 19.8 Å². The molecule has 0 unspecified atom stereocenters. The number of carbonyl (C=O) groups is 4. The third-order valence-corrected chi connectivity index (χ3v) is 11.1. The fourth-order valence-corrected chi connectivity index (χ4v) is 6.78. The van der Waals surface area contributed by atoms with Crippen molar-refractivity contribution in [3.63, 3.8) is 0 Å². The monoisotopic (exact) mass is 948 g/mol. The van der Waals surface area contributed by atoms with E-state index in [4.69, 9.17) is 33.2 Å². The summed E-state index contributed by atoms with van der Waals surface area (Å²) in [6.45, 7) is 21.1. The number of benzene rings is 5. The summed E-state index contributed by atoms with van der Waals surface area (Å²) in [7, 11) is 0. The van der Waals surface area contributed by atoms with Gasteiger partial charge >= 0.3 is 23.9 Å². The molecule has 11 nitrogen and oxygen atoms in total. The molecule has 366 valence electrons. The molecule has 0 aliphatic rings. The van der Waals surface area contributed by atoms with Gasteiger partial charge in [0.25, 0.3) is 0 Å². The zero-order valence-electron chi connectivity index (χ0n) is 41.0. The van der Waals surface area contributed by atoms with E-state index in [0.717, 1.165) is 70.6 Å². The molecule has 5 aromatic rings. The fourth-order valence-electron chi connectivity index (χ4n) is 6.78. The highest BCUT2D eigenvalue weighted by atomic mass is 16.6. The van der Waals surface area contributed by atoms with Crippen molar-refractivity contribution >= 4 is 30.0 Å².